The summed E-state index contributed by atoms with van der Waals surface area (Å²) in [5.41, 5.74) is 2.39. The number of benzene rings is 2. The van der Waals surface area contributed by atoms with Gasteiger partial charge in [-0.25, -0.2) is 9.79 Å². The fourth-order valence-electron chi connectivity index (χ4n) is 2.53. The van der Waals surface area contributed by atoms with Crippen LogP contribution in [0.15, 0.2) is 47.1 Å². The molecule has 0 saturated heterocycles. The van der Waals surface area contributed by atoms with Gasteiger partial charge in [0.25, 0.3) is 0 Å². The third kappa shape index (κ3) is 4.90. The van der Waals surface area contributed by atoms with E-state index in [4.69, 9.17) is 9.47 Å². The van der Waals surface area contributed by atoms with Crippen LogP contribution in [-0.4, -0.2) is 24.4 Å². The van der Waals surface area contributed by atoms with Gasteiger partial charge in [0.15, 0.2) is 5.70 Å². The lowest BCUT2D eigenvalue weighted by Gasteiger charge is -2.09. The summed E-state index contributed by atoms with van der Waals surface area (Å²) in [5.74, 6) is 0.423. The lowest BCUT2D eigenvalue weighted by molar-refractivity contribution is -0.129. The van der Waals surface area contributed by atoms with Crippen LogP contribution in [0.5, 0.6) is 5.75 Å². The molecule has 0 unspecified atom stereocenters. The predicted octanol–water partition coefficient (Wildman–Crippen LogP) is 4.60. The Labute approximate surface area is 189 Å². The molecule has 1 N–H and O–H groups in total. The van der Waals surface area contributed by atoms with E-state index in [-0.39, 0.29) is 17.5 Å². The zero-order valence-corrected chi connectivity index (χ0v) is 19.4. The molecule has 0 aliphatic carbocycles. The highest BCUT2D eigenvalue weighted by Crippen LogP contribution is 2.30. The van der Waals surface area contributed by atoms with E-state index in [1.54, 1.807) is 30.3 Å². The summed E-state index contributed by atoms with van der Waals surface area (Å²) in [6.45, 7) is 3.97. The number of cyclic esters (lactones) is 1. The Balaban J connectivity index is 1.86. The van der Waals surface area contributed by atoms with Crippen molar-refractivity contribution < 1.29 is 19.1 Å². The van der Waals surface area contributed by atoms with Crippen LogP contribution in [0.25, 0.3) is 6.08 Å². The van der Waals surface area contributed by atoms with Gasteiger partial charge in [0.05, 0.1) is 13.7 Å². The third-order valence-corrected chi connectivity index (χ3v) is 5.29. The van der Waals surface area contributed by atoms with Gasteiger partial charge in [-0.1, -0.05) is 0 Å². The van der Waals surface area contributed by atoms with Crippen molar-refractivity contribution in [2.75, 3.05) is 11.9 Å². The number of nitrogens with one attached hydrogen (secondary N) is 1. The maximum absolute atomic E-state index is 12.2. The van der Waals surface area contributed by atoms with Crippen LogP contribution in [0, 0.1) is 7.14 Å². The van der Waals surface area contributed by atoms with Crippen LogP contribution < -0.4 is 10.1 Å². The standard InChI is InChI=1S/C20H16I2N2O4/c1-3-27-18-15(21)8-12(9-16(18)22)10-17-20(26)28-19(24-17)13-4-6-14(7-5-13)23-11(2)25/h4-10H,3H2,1-2H3,(H,23,25)/b17-10-. The maximum atomic E-state index is 12.2. The van der Waals surface area contributed by atoms with Crippen molar-refractivity contribution in [1.82, 2.24) is 0 Å². The molecule has 0 saturated carbocycles. The number of carbonyl (C=O) groups excluding carboxylic acids is 2. The van der Waals surface area contributed by atoms with Crippen molar-refractivity contribution in [3.05, 3.63) is 60.4 Å². The topological polar surface area (TPSA) is 77.0 Å². The van der Waals surface area contributed by atoms with Crippen molar-refractivity contribution in [2.45, 2.75) is 13.8 Å². The number of amides is 1. The van der Waals surface area contributed by atoms with Gasteiger partial charge in [-0.3, -0.25) is 4.79 Å². The van der Waals surface area contributed by atoms with Crippen LogP contribution >= 0.6 is 45.2 Å². The molecule has 6 nitrogen and oxygen atoms in total. The molecular formula is C20H16I2N2O4. The molecule has 0 radical (unpaired) electrons. The summed E-state index contributed by atoms with van der Waals surface area (Å²) < 4.78 is 12.9. The molecule has 3 rings (SSSR count). The largest absolute Gasteiger partial charge is 0.492 e. The van der Waals surface area contributed by atoms with Crippen molar-refractivity contribution >= 4 is 74.7 Å². The lowest BCUT2D eigenvalue weighted by Crippen LogP contribution is -2.07. The molecule has 1 aliphatic heterocycles. The van der Waals surface area contributed by atoms with Gasteiger partial charge in [-0.15, -0.1) is 0 Å². The van der Waals surface area contributed by atoms with Crippen molar-refractivity contribution in [1.29, 1.82) is 0 Å². The quantitative estimate of drug-likeness (QED) is 0.309. The van der Waals surface area contributed by atoms with Crippen molar-refractivity contribution in [3.63, 3.8) is 0 Å². The summed E-state index contributed by atoms with van der Waals surface area (Å²) in [6, 6.07) is 10.8. The smallest absolute Gasteiger partial charge is 0.363 e. The number of anilines is 1. The first-order valence-corrected chi connectivity index (χ1v) is 10.6. The highest BCUT2D eigenvalue weighted by Gasteiger charge is 2.24. The van der Waals surface area contributed by atoms with E-state index in [1.807, 2.05) is 19.1 Å². The summed E-state index contributed by atoms with van der Waals surface area (Å²) in [6.07, 6.45) is 1.70. The molecule has 8 heteroatoms. The normalized spacial score (nSPS) is 14.6. The zero-order chi connectivity index (χ0) is 20.3. The Morgan fingerprint density at radius 3 is 2.43 bits per heavy atom. The zero-order valence-electron chi connectivity index (χ0n) is 15.1. The van der Waals surface area contributed by atoms with Gasteiger partial charge in [0.2, 0.25) is 11.8 Å². The predicted molar refractivity (Wildman–Crippen MR) is 124 cm³/mol. The monoisotopic (exact) mass is 602 g/mol. The maximum Gasteiger partial charge on any atom is 0.363 e. The summed E-state index contributed by atoms with van der Waals surface area (Å²) in [7, 11) is 0. The number of carbonyl (C=O) groups is 2. The lowest BCUT2D eigenvalue weighted by atomic mass is 10.2. The van der Waals surface area contributed by atoms with Gasteiger partial charge < -0.3 is 14.8 Å². The van der Waals surface area contributed by atoms with E-state index in [0.29, 0.717) is 17.9 Å². The molecule has 144 valence electrons. The highest BCUT2D eigenvalue weighted by atomic mass is 127. The molecule has 0 fully saturated rings. The van der Waals surface area contributed by atoms with Crippen LogP contribution in [0.2, 0.25) is 0 Å². The van der Waals surface area contributed by atoms with E-state index in [9.17, 15) is 9.59 Å². The van der Waals surface area contributed by atoms with E-state index in [2.05, 4.69) is 55.5 Å². The van der Waals surface area contributed by atoms with E-state index in [0.717, 1.165) is 18.5 Å². The second kappa shape index (κ2) is 9.03. The second-order valence-corrected chi connectivity index (χ2v) is 8.17. The van der Waals surface area contributed by atoms with Gasteiger partial charge in [0.1, 0.15) is 5.75 Å². The van der Waals surface area contributed by atoms with Crippen molar-refractivity contribution in [2.24, 2.45) is 4.99 Å². The SMILES string of the molecule is CCOc1c(I)cc(/C=C2\N=C(c3ccc(NC(C)=O)cc3)OC2=O)cc1I. The fraction of sp³-hybridized carbons (Fsp3) is 0.150. The molecule has 1 amide bonds. The minimum atomic E-state index is -0.500. The average molecular weight is 602 g/mol. The molecule has 2 aromatic carbocycles. The van der Waals surface area contributed by atoms with E-state index >= 15 is 0 Å². The average Bonchev–Trinajstić information content (AvgIpc) is 2.99. The number of ether oxygens (including phenoxy) is 2. The van der Waals surface area contributed by atoms with Gasteiger partial charge in [-0.05, 0) is 100 Å². The molecule has 0 atom stereocenters. The van der Waals surface area contributed by atoms with Crippen LogP contribution in [0.1, 0.15) is 25.0 Å². The number of hydrogen-bond acceptors (Lipinski definition) is 5. The highest BCUT2D eigenvalue weighted by molar-refractivity contribution is 14.1. The number of hydrogen-bond donors (Lipinski definition) is 1. The molecule has 0 aromatic heterocycles. The molecule has 28 heavy (non-hydrogen) atoms. The fourth-order valence-corrected chi connectivity index (χ4v) is 4.66. The molecule has 0 spiro atoms. The number of halogens is 2. The van der Waals surface area contributed by atoms with Crippen LogP contribution in [0.4, 0.5) is 5.69 Å². The Hall–Kier alpha value is -1.95. The first kappa shape index (κ1) is 20.8. The first-order valence-electron chi connectivity index (χ1n) is 8.39. The molecular weight excluding hydrogens is 586 g/mol. The minimum Gasteiger partial charge on any atom is -0.492 e. The minimum absolute atomic E-state index is 0.151. The number of rotatable bonds is 5. The molecule has 0 bridgehead atoms. The Kier molecular flexibility index (Phi) is 6.70. The summed E-state index contributed by atoms with van der Waals surface area (Å²) in [5, 5.41) is 2.69. The first-order chi connectivity index (χ1) is 13.4. The Morgan fingerprint density at radius 2 is 1.86 bits per heavy atom. The Bertz CT molecular complexity index is 975. The summed E-state index contributed by atoms with van der Waals surface area (Å²) in [4.78, 5) is 27.6. The van der Waals surface area contributed by atoms with E-state index < -0.39 is 5.97 Å². The van der Waals surface area contributed by atoms with Crippen molar-refractivity contribution in [3.8, 4) is 5.75 Å². The number of esters is 1. The van der Waals surface area contributed by atoms with E-state index in [1.165, 1.54) is 6.92 Å². The van der Waals surface area contributed by atoms with Gasteiger partial charge in [-0.2, -0.15) is 0 Å². The van der Waals surface area contributed by atoms with Crippen LogP contribution in [-0.2, 0) is 14.3 Å². The molecule has 1 heterocycles. The van der Waals surface area contributed by atoms with Crippen LogP contribution in [0.3, 0.4) is 0 Å². The van der Waals surface area contributed by atoms with Gasteiger partial charge >= 0.3 is 5.97 Å². The second-order valence-electron chi connectivity index (χ2n) is 5.84. The number of aliphatic imine (C=N–C) groups is 1. The number of nitrogens with zero attached hydrogens (tertiary/aromatic N) is 1. The molecule has 1 aliphatic rings. The Morgan fingerprint density at radius 1 is 1.21 bits per heavy atom. The summed E-state index contributed by atoms with van der Waals surface area (Å²) >= 11 is 4.42. The van der Waals surface area contributed by atoms with Gasteiger partial charge in [0, 0.05) is 18.2 Å². The third-order valence-electron chi connectivity index (χ3n) is 3.69. The molecule has 2 aromatic rings.